The molecule has 1 heterocycles. The van der Waals surface area contributed by atoms with Gasteiger partial charge in [-0.1, -0.05) is 0 Å². The first-order valence-electron chi connectivity index (χ1n) is 4.65. The number of hydrogen-bond donors (Lipinski definition) is 0. The normalized spacial score (nSPS) is 15.8. The van der Waals surface area contributed by atoms with Crippen LogP contribution in [0.3, 0.4) is 0 Å². The summed E-state index contributed by atoms with van der Waals surface area (Å²) in [5.41, 5.74) is 1.99. The van der Waals surface area contributed by atoms with E-state index < -0.39 is 0 Å². The molecule has 1 fully saturated rings. The summed E-state index contributed by atoms with van der Waals surface area (Å²) in [4.78, 5) is 2.36. The van der Waals surface area contributed by atoms with Crippen LogP contribution in [-0.4, -0.2) is 13.1 Å². The molecule has 0 N–H and O–H groups in total. The van der Waals surface area contributed by atoms with Crippen molar-refractivity contribution in [1.82, 2.24) is 0 Å². The highest BCUT2D eigenvalue weighted by Crippen LogP contribution is 2.19. The Kier molecular flexibility index (Phi) is 2.18. The summed E-state index contributed by atoms with van der Waals surface area (Å²) in [6.45, 7) is 2.32. The summed E-state index contributed by atoms with van der Waals surface area (Å²) in [5.74, 6) is 0. The molecule has 2 rings (SSSR count). The first-order valence-corrected chi connectivity index (χ1v) is 4.65. The largest absolute Gasteiger partial charge is 0.372 e. The first kappa shape index (κ1) is 8.12. The predicted molar refractivity (Wildman–Crippen MR) is 52.6 cm³/mol. The molecule has 0 saturated carbocycles. The molecule has 1 aliphatic heterocycles. The number of anilines is 1. The van der Waals surface area contributed by atoms with Crippen LogP contribution in [0.25, 0.3) is 0 Å². The van der Waals surface area contributed by atoms with E-state index in [2.05, 4.69) is 11.0 Å². The second kappa shape index (κ2) is 3.49. The smallest absolute Gasteiger partial charge is 0.0991 e. The van der Waals surface area contributed by atoms with Crippen molar-refractivity contribution in [3.05, 3.63) is 29.8 Å². The topological polar surface area (TPSA) is 27.0 Å². The Bertz CT molecular complexity index is 315. The molecule has 0 unspecified atom stereocenters. The van der Waals surface area contributed by atoms with E-state index in [9.17, 15) is 0 Å². The molecule has 0 atom stereocenters. The third-order valence-corrected chi connectivity index (χ3v) is 2.47. The molecule has 0 bridgehead atoms. The van der Waals surface area contributed by atoms with Gasteiger partial charge in [-0.15, -0.1) is 0 Å². The van der Waals surface area contributed by atoms with E-state index >= 15 is 0 Å². The third-order valence-electron chi connectivity index (χ3n) is 2.47. The molecule has 1 aromatic rings. The molecule has 0 aromatic heterocycles. The molecule has 1 aromatic carbocycles. The maximum Gasteiger partial charge on any atom is 0.0991 e. The van der Waals surface area contributed by atoms with Gasteiger partial charge >= 0.3 is 0 Å². The van der Waals surface area contributed by atoms with E-state index in [1.165, 1.54) is 18.5 Å². The van der Waals surface area contributed by atoms with Gasteiger partial charge in [0.2, 0.25) is 0 Å². The fourth-order valence-electron chi connectivity index (χ4n) is 1.72. The van der Waals surface area contributed by atoms with Crippen LogP contribution in [-0.2, 0) is 0 Å². The van der Waals surface area contributed by atoms with Gasteiger partial charge in [0.05, 0.1) is 11.6 Å². The maximum absolute atomic E-state index is 8.63. The van der Waals surface area contributed by atoms with Crippen molar-refractivity contribution < 1.29 is 0 Å². The van der Waals surface area contributed by atoms with E-state index in [1.54, 1.807) is 0 Å². The van der Waals surface area contributed by atoms with Crippen molar-refractivity contribution in [2.45, 2.75) is 12.8 Å². The second-order valence-electron chi connectivity index (χ2n) is 3.35. The van der Waals surface area contributed by atoms with Gasteiger partial charge in [-0.25, -0.2) is 0 Å². The van der Waals surface area contributed by atoms with Crippen LogP contribution in [0.1, 0.15) is 18.4 Å². The Morgan fingerprint density at radius 2 is 1.69 bits per heavy atom. The van der Waals surface area contributed by atoms with Crippen LogP contribution in [0.15, 0.2) is 24.3 Å². The van der Waals surface area contributed by atoms with Crippen LogP contribution in [0, 0.1) is 11.3 Å². The van der Waals surface area contributed by atoms with Crippen LogP contribution >= 0.6 is 0 Å². The van der Waals surface area contributed by atoms with Crippen molar-refractivity contribution >= 4 is 5.69 Å². The molecule has 2 nitrogen and oxygen atoms in total. The minimum atomic E-state index is 0.739. The van der Waals surface area contributed by atoms with Gasteiger partial charge in [0.25, 0.3) is 0 Å². The van der Waals surface area contributed by atoms with Gasteiger partial charge in [0.15, 0.2) is 0 Å². The fourth-order valence-corrected chi connectivity index (χ4v) is 1.72. The van der Waals surface area contributed by atoms with Crippen molar-refractivity contribution in [2.24, 2.45) is 0 Å². The third kappa shape index (κ3) is 1.65. The lowest BCUT2D eigenvalue weighted by molar-refractivity contribution is 0.949. The Morgan fingerprint density at radius 1 is 1.08 bits per heavy atom. The van der Waals surface area contributed by atoms with E-state index in [0.29, 0.717) is 0 Å². The average molecular weight is 172 g/mol. The molecule has 1 aliphatic rings. The minimum Gasteiger partial charge on any atom is -0.372 e. The summed E-state index contributed by atoms with van der Waals surface area (Å²) in [5, 5.41) is 8.63. The van der Waals surface area contributed by atoms with Gasteiger partial charge < -0.3 is 4.90 Å². The van der Waals surface area contributed by atoms with Crippen LogP contribution in [0.4, 0.5) is 5.69 Å². The van der Waals surface area contributed by atoms with Crippen LogP contribution in [0.5, 0.6) is 0 Å². The Hall–Kier alpha value is -1.49. The lowest BCUT2D eigenvalue weighted by Gasteiger charge is -2.16. The quantitative estimate of drug-likeness (QED) is 0.649. The molecule has 13 heavy (non-hydrogen) atoms. The second-order valence-corrected chi connectivity index (χ2v) is 3.35. The highest BCUT2D eigenvalue weighted by molar-refractivity contribution is 5.50. The average Bonchev–Trinajstić information content (AvgIpc) is 2.71. The fraction of sp³-hybridized carbons (Fsp3) is 0.364. The molecule has 0 amide bonds. The highest BCUT2D eigenvalue weighted by Gasteiger charge is 2.11. The summed E-state index contributed by atoms with van der Waals surface area (Å²) in [6, 6.07) is 9.95. The van der Waals surface area contributed by atoms with Gasteiger partial charge in [0.1, 0.15) is 0 Å². The standard InChI is InChI=1S/C11H12N2/c12-9-10-3-5-11(6-4-10)13-7-1-2-8-13/h3-6H,1-2,7-8H2. The molecule has 2 heteroatoms. The van der Waals surface area contributed by atoms with Gasteiger partial charge in [-0.3, -0.25) is 0 Å². The molecular weight excluding hydrogens is 160 g/mol. The van der Waals surface area contributed by atoms with E-state index in [-0.39, 0.29) is 0 Å². The van der Waals surface area contributed by atoms with Gasteiger partial charge in [0, 0.05) is 18.8 Å². The summed E-state index contributed by atoms with van der Waals surface area (Å²) >= 11 is 0. The maximum atomic E-state index is 8.63. The lowest BCUT2D eigenvalue weighted by Crippen LogP contribution is -2.17. The number of nitriles is 1. The number of rotatable bonds is 1. The Morgan fingerprint density at radius 3 is 2.23 bits per heavy atom. The van der Waals surface area contributed by atoms with Crippen LogP contribution in [0.2, 0.25) is 0 Å². The molecule has 0 radical (unpaired) electrons. The number of nitrogens with zero attached hydrogens (tertiary/aromatic N) is 2. The molecule has 1 saturated heterocycles. The zero-order chi connectivity index (χ0) is 9.10. The lowest BCUT2D eigenvalue weighted by atomic mass is 10.2. The van der Waals surface area contributed by atoms with E-state index in [4.69, 9.17) is 5.26 Å². The van der Waals surface area contributed by atoms with Crippen LogP contribution < -0.4 is 4.90 Å². The summed E-state index contributed by atoms with van der Waals surface area (Å²) in [6.07, 6.45) is 2.58. The van der Waals surface area contributed by atoms with Crippen molar-refractivity contribution in [2.75, 3.05) is 18.0 Å². The van der Waals surface area contributed by atoms with Crippen molar-refractivity contribution in [1.29, 1.82) is 5.26 Å². The minimum absolute atomic E-state index is 0.739. The first-order chi connectivity index (χ1) is 6.40. The number of benzene rings is 1. The molecular formula is C11H12N2. The zero-order valence-corrected chi connectivity index (χ0v) is 7.53. The zero-order valence-electron chi connectivity index (χ0n) is 7.53. The Balaban J connectivity index is 2.18. The monoisotopic (exact) mass is 172 g/mol. The molecule has 0 spiro atoms. The Labute approximate surface area is 78.4 Å². The van der Waals surface area contributed by atoms with E-state index in [1.807, 2.05) is 24.3 Å². The molecule has 0 aliphatic carbocycles. The molecule has 66 valence electrons. The van der Waals surface area contributed by atoms with Gasteiger partial charge in [-0.05, 0) is 37.1 Å². The highest BCUT2D eigenvalue weighted by atomic mass is 15.1. The SMILES string of the molecule is N#Cc1ccc(N2CCCC2)cc1. The predicted octanol–water partition coefficient (Wildman–Crippen LogP) is 2.16. The van der Waals surface area contributed by atoms with E-state index in [0.717, 1.165) is 18.7 Å². The van der Waals surface area contributed by atoms with Crippen molar-refractivity contribution in [3.63, 3.8) is 0 Å². The number of hydrogen-bond acceptors (Lipinski definition) is 2. The summed E-state index contributed by atoms with van der Waals surface area (Å²) < 4.78 is 0. The van der Waals surface area contributed by atoms with Crippen molar-refractivity contribution in [3.8, 4) is 6.07 Å². The summed E-state index contributed by atoms with van der Waals surface area (Å²) in [7, 11) is 0. The van der Waals surface area contributed by atoms with Gasteiger partial charge in [-0.2, -0.15) is 5.26 Å².